The Hall–Kier alpha value is -2.68. The molecule has 0 unspecified atom stereocenters. The maximum Gasteiger partial charge on any atom is 0.185 e. The van der Waals surface area contributed by atoms with Crippen LogP contribution in [0, 0.1) is 0 Å². The molecule has 2 aromatic heterocycles. The molecule has 0 bridgehead atoms. The van der Waals surface area contributed by atoms with Gasteiger partial charge in [0.1, 0.15) is 0 Å². The number of nitrogens with zero attached hydrogens (tertiary/aromatic N) is 1. The average molecular weight is 248 g/mol. The van der Waals surface area contributed by atoms with Crippen molar-refractivity contribution in [2.75, 3.05) is 0 Å². The van der Waals surface area contributed by atoms with Crippen molar-refractivity contribution in [1.82, 2.24) is 9.97 Å². The maximum atomic E-state index is 11.9. The first-order chi connectivity index (χ1) is 9.33. The summed E-state index contributed by atoms with van der Waals surface area (Å²) in [4.78, 5) is 19.0. The van der Waals surface area contributed by atoms with Crippen LogP contribution in [0.1, 0.15) is 15.9 Å². The molecular formula is C16H12N2O. The zero-order valence-corrected chi connectivity index (χ0v) is 10.2. The minimum absolute atomic E-state index is 0.0195. The average Bonchev–Trinajstić information content (AvgIpc) is 2.93. The fraction of sp³-hybridized carbons (Fsp3) is 0. The molecule has 0 saturated heterocycles. The lowest BCUT2D eigenvalue weighted by molar-refractivity contribution is 0.104. The van der Waals surface area contributed by atoms with Gasteiger partial charge >= 0.3 is 0 Å². The molecule has 0 aliphatic rings. The number of benzene rings is 1. The van der Waals surface area contributed by atoms with Gasteiger partial charge in [0.2, 0.25) is 0 Å². The first kappa shape index (κ1) is 11.4. The highest BCUT2D eigenvalue weighted by atomic mass is 16.1. The van der Waals surface area contributed by atoms with Crippen molar-refractivity contribution in [2.24, 2.45) is 0 Å². The number of ketones is 1. The Kier molecular flexibility index (Phi) is 2.94. The van der Waals surface area contributed by atoms with Gasteiger partial charge in [-0.25, -0.2) is 0 Å². The summed E-state index contributed by atoms with van der Waals surface area (Å²) in [6.07, 6.45) is 8.54. The molecule has 19 heavy (non-hydrogen) atoms. The van der Waals surface area contributed by atoms with Gasteiger partial charge in [-0.2, -0.15) is 0 Å². The number of hydrogen-bond donors (Lipinski definition) is 1. The molecule has 0 saturated carbocycles. The number of carbonyl (C=O) groups is 1. The zero-order valence-electron chi connectivity index (χ0n) is 10.2. The molecule has 3 aromatic rings. The van der Waals surface area contributed by atoms with Crippen LogP contribution in [0.3, 0.4) is 0 Å². The third-order valence-electron chi connectivity index (χ3n) is 2.97. The van der Waals surface area contributed by atoms with E-state index in [1.54, 1.807) is 30.6 Å². The van der Waals surface area contributed by atoms with Gasteiger partial charge < -0.3 is 4.98 Å². The van der Waals surface area contributed by atoms with E-state index < -0.39 is 0 Å². The van der Waals surface area contributed by atoms with Crippen molar-refractivity contribution in [1.29, 1.82) is 0 Å². The van der Waals surface area contributed by atoms with Crippen LogP contribution in [-0.2, 0) is 0 Å². The number of aromatic nitrogens is 2. The summed E-state index contributed by atoms with van der Waals surface area (Å²) in [5, 5.41) is 1.16. The third-order valence-corrected chi connectivity index (χ3v) is 2.97. The molecule has 1 aromatic carbocycles. The van der Waals surface area contributed by atoms with E-state index >= 15 is 0 Å². The second kappa shape index (κ2) is 4.90. The molecule has 3 heteroatoms. The molecule has 92 valence electrons. The van der Waals surface area contributed by atoms with E-state index in [4.69, 9.17) is 0 Å². The monoisotopic (exact) mass is 248 g/mol. The topological polar surface area (TPSA) is 45.8 Å². The van der Waals surface area contributed by atoms with E-state index in [1.165, 1.54) is 0 Å². The predicted octanol–water partition coefficient (Wildman–Crippen LogP) is 3.46. The van der Waals surface area contributed by atoms with Crippen LogP contribution in [0.15, 0.2) is 61.1 Å². The molecule has 0 amide bonds. The second-order valence-corrected chi connectivity index (χ2v) is 4.26. The van der Waals surface area contributed by atoms with Crippen molar-refractivity contribution in [3.8, 4) is 0 Å². The largest absolute Gasteiger partial charge is 0.361 e. The molecule has 1 N–H and O–H groups in total. The van der Waals surface area contributed by atoms with Crippen molar-refractivity contribution < 1.29 is 4.79 Å². The van der Waals surface area contributed by atoms with E-state index in [0.717, 1.165) is 16.5 Å². The third kappa shape index (κ3) is 2.45. The van der Waals surface area contributed by atoms with Gasteiger partial charge in [0.15, 0.2) is 5.78 Å². The molecule has 0 radical (unpaired) electrons. The molecule has 0 spiro atoms. The number of rotatable bonds is 3. The molecular weight excluding hydrogens is 236 g/mol. The highest BCUT2D eigenvalue weighted by molar-refractivity contribution is 6.06. The highest BCUT2D eigenvalue weighted by Gasteiger charge is 2.00. The molecule has 2 heterocycles. The Morgan fingerprint density at radius 3 is 2.79 bits per heavy atom. The zero-order chi connectivity index (χ0) is 13.1. The minimum Gasteiger partial charge on any atom is -0.361 e. The van der Waals surface area contributed by atoms with Crippen molar-refractivity contribution in [3.05, 3.63) is 72.2 Å². The van der Waals surface area contributed by atoms with Gasteiger partial charge in [-0.1, -0.05) is 18.2 Å². The summed E-state index contributed by atoms with van der Waals surface area (Å²) < 4.78 is 0. The van der Waals surface area contributed by atoms with Gasteiger partial charge in [-0.05, 0) is 41.3 Å². The van der Waals surface area contributed by atoms with Gasteiger partial charge in [0, 0.05) is 29.7 Å². The summed E-state index contributed by atoms with van der Waals surface area (Å²) in [7, 11) is 0. The highest BCUT2D eigenvalue weighted by Crippen LogP contribution is 2.15. The summed E-state index contributed by atoms with van der Waals surface area (Å²) in [5.74, 6) is -0.0195. The van der Waals surface area contributed by atoms with Crippen LogP contribution in [0.4, 0.5) is 0 Å². The van der Waals surface area contributed by atoms with E-state index in [9.17, 15) is 4.79 Å². The van der Waals surface area contributed by atoms with Crippen LogP contribution < -0.4 is 0 Å². The predicted molar refractivity (Wildman–Crippen MR) is 75.9 cm³/mol. The Morgan fingerprint density at radius 2 is 1.95 bits per heavy atom. The lowest BCUT2D eigenvalue weighted by Gasteiger charge is -1.96. The Morgan fingerprint density at radius 1 is 1.11 bits per heavy atom. The number of hydrogen-bond acceptors (Lipinski definition) is 2. The quantitative estimate of drug-likeness (QED) is 0.570. The Bertz CT molecular complexity index is 742. The number of fused-ring (bicyclic) bond motifs is 1. The van der Waals surface area contributed by atoms with Gasteiger partial charge in [-0.15, -0.1) is 0 Å². The van der Waals surface area contributed by atoms with E-state index in [0.29, 0.717) is 5.56 Å². The number of H-pyrrole nitrogens is 1. The van der Waals surface area contributed by atoms with Crippen LogP contribution in [0.2, 0.25) is 0 Å². The second-order valence-electron chi connectivity index (χ2n) is 4.26. The normalized spacial score (nSPS) is 11.2. The Labute approximate surface area is 110 Å². The van der Waals surface area contributed by atoms with Gasteiger partial charge in [0.25, 0.3) is 0 Å². The molecule has 0 aliphatic carbocycles. The standard InChI is InChI=1S/C16H12N2O/c19-16(14-5-8-17-9-6-14)4-2-12-1-3-13-7-10-18-15(13)11-12/h1-11,18H. The fourth-order valence-electron chi connectivity index (χ4n) is 1.95. The molecule has 3 nitrogen and oxygen atoms in total. The summed E-state index contributed by atoms with van der Waals surface area (Å²) >= 11 is 0. The van der Waals surface area contributed by atoms with Crippen LogP contribution in [0.25, 0.3) is 17.0 Å². The minimum atomic E-state index is -0.0195. The van der Waals surface area contributed by atoms with Crippen molar-refractivity contribution >= 4 is 22.8 Å². The molecule has 0 aliphatic heterocycles. The number of nitrogens with one attached hydrogen (secondary N) is 1. The first-order valence-corrected chi connectivity index (χ1v) is 6.02. The summed E-state index contributed by atoms with van der Waals surface area (Å²) in [5.41, 5.74) is 2.71. The van der Waals surface area contributed by atoms with Gasteiger partial charge in [-0.3, -0.25) is 9.78 Å². The Balaban J connectivity index is 1.84. The smallest absolute Gasteiger partial charge is 0.185 e. The first-order valence-electron chi connectivity index (χ1n) is 6.02. The summed E-state index contributed by atoms with van der Waals surface area (Å²) in [6, 6.07) is 11.5. The van der Waals surface area contributed by atoms with Gasteiger partial charge in [0.05, 0.1) is 0 Å². The fourth-order valence-corrected chi connectivity index (χ4v) is 1.95. The van der Waals surface area contributed by atoms with Crippen molar-refractivity contribution in [3.63, 3.8) is 0 Å². The molecule has 0 atom stereocenters. The summed E-state index contributed by atoms with van der Waals surface area (Å²) in [6.45, 7) is 0. The number of aromatic amines is 1. The SMILES string of the molecule is O=C(C=Cc1ccc2cc[nH]c2c1)c1ccncc1. The number of pyridine rings is 1. The van der Waals surface area contributed by atoms with Crippen molar-refractivity contribution in [2.45, 2.75) is 0 Å². The van der Waals surface area contributed by atoms with Crippen LogP contribution in [0.5, 0.6) is 0 Å². The van der Waals surface area contributed by atoms with Crippen LogP contribution in [-0.4, -0.2) is 15.8 Å². The van der Waals surface area contributed by atoms with E-state index in [1.807, 2.05) is 36.5 Å². The van der Waals surface area contributed by atoms with E-state index in [-0.39, 0.29) is 5.78 Å². The molecule has 0 fully saturated rings. The number of allylic oxidation sites excluding steroid dienone is 1. The van der Waals surface area contributed by atoms with E-state index in [2.05, 4.69) is 9.97 Å². The van der Waals surface area contributed by atoms with Crippen LogP contribution >= 0.6 is 0 Å². The lowest BCUT2D eigenvalue weighted by atomic mass is 10.1. The lowest BCUT2D eigenvalue weighted by Crippen LogP contribution is -1.93. The molecule has 3 rings (SSSR count). The number of carbonyl (C=O) groups excluding carboxylic acids is 1. The maximum absolute atomic E-state index is 11.9.